The lowest BCUT2D eigenvalue weighted by Crippen LogP contribution is -2.28. The summed E-state index contributed by atoms with van der Waals surface area (Å²) in [6.45, 7) is 2.51. The number of nitrogens with one attached hydrogen (secondary N) is 1. The third-order valence-corrected chi connectivity index (χ3v) is 5.16. The minimum atomic E-state index is -0.458. The molecule has 168 valence electrons. The van der Waals surface area contributed by atoms with Crippen molar-refractivity contribution in [2.75, 3.05) is 25.6 Å². The first-order valence-corrected chi connectivity index (χ1v) is 10.3. The molecule has 10 nitrogen and oxygen atoms in total. The lowest BCUT2D eigenvalue weighted by Gasteiger charge is -2.18. The lowest BCUT2D eigenvalue weighted by atomic mass is 10.2. The number of hydrogen-bond donors (Lipinski definition) is 1. The molecule has 3 heterocycles. The number of amides is 1. The minimum absolute atomic E-state index is 0.254. The van der Waals surface area contributed by atoms with Gasteiger partial charge in [0.1, 0.15) is 31.3 Å². The summed E-state index contributed by atoms with van der Waals surface area (Å²) in [7, 11) is 1.59. The van der Waals surface area contributed by atoms with Crippen LogP contribution < -0.4 is 25.2 Å². The zero-order valence-corrected chi connectivity index (χ0v) is 18.1. The molecule has 4 aromatic rings. The standard InChI is InChI=1S/C23H21N5O5/c1-14-11-20-26-27(13-21(29)25-16-5-8-18-19(12-16)33-10-9-32-18)23(30)28(20)22(24-14)15-3-6-17(31-2)7-4-15/h3-8,11-12H,9-10,13H2,1-2H3,(H,25,29). The highest BCUT2D eigenvalue weighted by atomic mass is 16.6. The van der Waals surface area contributed by atoms with Gasteiger partial charge in [-0.2, -0.15) is 0 Å². The van der Waals surface area contributed by atoms with E-state index in [1.54, 1.807) is 43.5 Å². The second kappa shape index (κ2) is 8.30. The fourth-order valence-corrected chi connectivity index (χ4v) is 3.65. The van der Waals surface area contributed by atoms with Crippen molar-refractivity contribution in [3.63, 3.8) is 0 Å². The third kappa shape index (κ3) is 3.98. The second-order valence-corrected chi connectivity index (χ2v) is 7.49. The molecule has 0 bridgehead atoms. The van der Waals surface area contributed by atoms with Gasteiger partial charge in [0, 0.05) is 29.1 Å². The van der Waals surface area contributed by atoms with Crippen molar-refractivity contribution in [1.29, 1.82) is 0 Å². The highest BCUT2D eigenvalue weighted by molar-refractivity contribution is 5.90. The number of aromatic nitrogens is 4. The summed E-state index contributed by atoms with van der Waals surface area (Å²) in [5.41, 5.74) is 1.92. The molecule has 1 N–H and O–H groups in total. The van der Waals surface area contributed by atoms with Crippen molar-refractivity contribution >= 4 is 17.2 Å². The average molecular weight is 447 g/mol. The van der Waals surface area contributed by atoms with Crippen LogP contribution in [0.4, 0.5) is 5.69 Å². The topological polar surface area (TPSA) is 109 Å². The van der Waals surface area contributed by atoms with Crippen molar-refractivity contribution in [2.24, 2.45) is 0 Å². The van der Waals surface area contributed by atoms with E-state index in [2.05, 4.69) is 15.4 Å². The molecule has 1 aliphatic heterocycles. The number of carbonyl (C=O) groups excluding carboxylic acids is 1. The van der Waals surface area contributed by atoms with Crippen LogP contribution in [0.15, 0.2) is 53.3 Å². The second-order valence-electron chi connectivity index (χ2n) is 7.49. The van der Waals surface area contributed by atoms with E-state index >= 15 is 0 Å². The first-order valence-electron chi connectivity index (χ1n) is 10.3. The van der Waals surface area contributed by atoms with E-state index in [0.29, 0.717) is 53.3 Å². The molecule has 33 heavy (non-hydrogen) atoms. The van der Waals surface area contributed by atoms with Crippen molar-refractivity contribution in [3.8, 4) is 28.6 Å². The molecule has 5 rings (SSSR count). The number of anilines is 1. The molecular weight excluding hydrogens is 426 g/mol. The van der Waals surface area contributed by atoms with E-state index in [1.807, 2.05) is 19.1 Å². The van der Waals surface area contributed by atoms with Crippen LogP contribution in [0.1, 0.15) is 5.69 Å². The molecule has 2 aromatic heterocycles. The van der Waals surface area contributed by atoms with Crippen LogP contribution >= 0.6 is 0 Å². The van der Waals surface area contributed by atoms with Crippen LogP contribution in [0.2, 0.25) is 0 Å². The Bertz CT molecular complexity index is 1410. The number of hydrogen-bond acceptors (Lipinski definition) is 7. The van der Waals surface area contributed by atoms with E-state index in [9.17, 15) is 9.59 Å². The number of benzene rings is 2. The van der Waals surface area contributed by atoms with Crippen molar-refractivity contribution in [1.82, 2.24) is 19.2 Å². The number of nitrogens with zero attached hydrogens (tertiary/aromatic N) is 4. The van der Waals surface area contributed by atoms with Crippen molar-refractivity contribution < 1.29 is 19.0 Å². The largest absolute Gasteiger partial charge is 0.497 e. The number of methoxy groups -OCH3 is 1. The molecule has 0 radical (unpaired) electrons. The number of ether oxygens (including phenoxy) is 3. The Morgan fingerprint density at radius 2 is 1.85 bits per heavy atom. The molecule has 0 fully saturated rings. The van der Waals surface area contributed by atoms with Crippen molar-refractivity contribution in [2.45, 2.75) is 13.5 Å². The van der Waals surface area contributed by atoms with E-state index in [4.69, 9.17) is 14.2 Å². The highest BCUT2D eigenvalue weighted by Crippen LogP contribution is 2.32. The summed E-state index contributed by atoms with van der Waals surface area (Å²) >= 11 is 0. The summed E-state index contributed by atoms with van der Waals surface area (Å²) in [5.74, 6) is 1.94. The van der Waals surface area contributed by atoms with Gasteiger partial charge in [-0.3, -0.25) is 4.79 Å². The number of rotatable bonds is 5. The Morgan fingerprint density at radius 1 is 1.09 bits per heavy atom. The van der Waals surface area contributed by atoms with Gasteiger partial charge in [0.05, 0.1) is 7.11 Å². The Labute approximate surface area is 188 Å². The van der Waals surface area contributed by atoms with Gasteiger partial charge in [0.2, 0.25) is 5.91 Å². The molecule has 0 aliphatic carbocycles. The molecule has 0 unspecified atom stereocenters. The summed E-state index contributed by atoms with van der Waals surface area (Å²) in [4.78, 5) is 30.3. The number of aryl methyl sites for hydroxylation is 1. The van der Waals surface area contributed by atoms with Crippen LogP contribution in [-0.2, 0) is 11.3 Å². The van der Waals surface area contributed by atoms with Gasteiger partial charge in [-0.25, -0.2) is 18.9 Å². The highest BCUT2D eigenvalue weighted by Gasteiger charge is 2.17. The van der Waals surface area contributed by atoms with Gasteiger partial charge in [0.25, 0.3) is 0 Å². The van der Waals surface area contributed by atoms with Crippen LogP contribution in [0.25, 0.3) is 17.0 Å². The van der Waals surface area contributed by atoms with E-state index in [1.165, 1.54) is 4.40 Å². The zero-order valence-electron chi connectivity index (χ0n) is 18.1. The molecule has 1 amide bonds. The van der Waals surface area contributed by atoms with Gasteiger partial charge in [0.15, 0.2) is 17.1 Å². The molecule has 10 heteroatoms. The Kier molecular flexibility index (Phi) is 5.17. The molecule has 0 atom stereocenters. The van der Waals surface area contributed by atoms with E-state index < -0.39 is 11.6 Å². The Morgan fingerprint density at radius 3 is 2.61 bits per heavy atom. The maximum absolute atomic E-state index is 13.1. The molecule has 0 saturated carbocycles. The predicted octanol–water partition coefficient (Wildman–Crippen LogP) is 2.28. The van der Waals surface area contributed by atoms with Crippen LogP contribution in [-0.4, -0.2) is 45.4 Å². The van der Waals surface area contributed by atoms with E-state index in [-0.39, 0.29) is 6.54 Å². The Hall–Kier alpha value is -4.34. The normalized spacial score (nSPS) is 12.5. The maximum Gasteiger partial charge on any atom is 0.352 e. The molecule has 0 spiro atoms. The average Bonchev–Trinajstić information content (AvgIpc) is 3.13. The zero-order chi connectivity index (χ0) is 22.9. The molecular formula is C23H21N5O5. The van der Waals surface area contributed by atoms with Gasteiger partial charge < -0.3 is 19.5 Å². The molecule has 1 aliphatic rings. The third-order valence-electron chi connectivity index (χ3n) is 5.16. The summed E-state index contributed by atoms with van der Waals surface area (Å²) in [6, 6.07) is 14.1. The van der Waals surface area contributed by atoms with Gasteiger partial charge in [-0.05, 0) is 43.3 Å². The SMILES string of the molecule is COc1ccc(-c2nc(C)cc3nn(CC(=O)Nc4ccc5c(c4)OCCO5)c(=O)n23)cc1. The lowest BCUT2D eigenvalue weighted by molar-refractivity contribution is -0.117. The van der Waals surface area contributed by atoms with Gasteiger partial charge in [-0.1, -0.05) is 0 Å². The Balaban J connectivity index is 1.43. The van der Waals surface area contributed by atoms with Gasteiger partial charge in [-0.15, -0.1) is 5.10 Å². The quantitative estimate of drug-likeness (QED) is 0.500. The van der Waals surface area contributed by atoms with Crippen LogP contribution in [0, 0.1) is 6.92 Å². The monoisotopic (exact) mass is 447 g/mol. The number of carbonyl (C=O) groups is 1. The summed E-state index contributed by atoms with van der Waals surface area (Å²) < 4.78 is 18.8. The van der Waals surface area contributed by atoms with Gasteiger partial charge >= 0.3 is 5.69 Å². The summed E-state index contributed by atoms with van der Waals surface area (Å²) in [5, 5.41) is 7.11. The molecule has 0 saturated heterocycles. The first-order chi connectivity index (χ1) is 16.0. The molecule has 2 aromatic carbocycles. The predicted molar refractivity (Wildman–Crippen MR) is 120 cm³/mol. The first kappa shape index (κ1) is 20.6. The van der Waals surface area contributed by atoms with Crippen LogP contribution in [0.3, 0.4) is 0 Å². The smallest absolute Gasteiger partial charge is 0.352 e. The fourth-order valence-electron chi connectivity index (χ4n) is 3.65. The minimum Gasteiger partial charge on any atom is -0.497 e. The van der Waals surface area contributed by atoms with Crippen LogP contribution in [0.5, 0.6) is 17.2 Å². The van der Waals surface area contributed by atoms with E-state index in [0.717, 1.165) is 10.2 Å². The number of fused-ring (bicyclic) bond motifs is 2. The fraction of sp³-hybridized carbons (Fsp3) is 0.217. The summed E-state index contributed by atoms with van der Waals surface area (Å²) in [6.07, 6.45) is 0. The maximum atomic E-state index is 13.1. The van der Waals surface area contributed by atoms with Crippen molar-refractivity contribution in [3.05, 3.63) is 64.7 Å².